The molecule has 0 aliphatic carbocycles. The molecule has 0 fully saturated rings. The van der Waals surface area contributed by atoms with Crippen molar-refractivity contribution in [2.24, 2.45) is 0 Å². The van der Waals surface area contributed by atoms with Crippen LogP contribution >= 0.6 is 11.6 Å². The summed E-state index contributed by atoms with van der Waals surface area (Å²) in [6, 6.07) is 16.5. The fourth-order valence-corrected chi connectivity index (χ4v) is 2.62. The first-order valence-electron chi connectivity index (χ1n) is 7.65. The van der Waals surface area contributed by atoms with E-state index in [1.165, 1.54) is 24.3 Å². The zero-order valence-electron chi connectivity index (χ0n) is 13.4. The van der Waals surface area contributed by atoms with Gasteiger partial charge in [0.1, 0.15) is 11.5 Å². The summed E-state index contributed by atoms with van der Waals surface area (Å²) in [7, 11) is 0. The van der Waals surface area contributed by atoms with Crippen molar-refractivity contribution in [2.75, 3.05) is 0 Å². The number of halogens is 3. The lowest BCUT2D eigenvalue weighted by Crippen LogP contribution is -2.04. The van der Waals surface area contributed by atoms with E-state index in [9.17, 15) is 13.6 Å². The van der Waals surface area contributed by atoms with Gasteiger partial charge in [-0.25, -0.2) is 4.79 Å². The second-order valence-electron chi connectivity index (χ2n) is 5.29. The lowest BCUT2D eigenvalue weighted by molar-refractivity contribution is -0.128. The molecule has 6 heteroatoms. The third kappa shape index (κ3) is 4.37. The molecule has 0 N–H and O–H groups in total. The normalized spacial score (nSPS) is 11.2. The number of fused-ring (bicyclic) bond motifs is 1. The fourth-order valence-electron chi connectivity index (χ4n) is 2.39. The SMILES string of the molecule is O=C(C=Cc1ccc(OC(F)F)cc1)Oc1ccc(Cl)c2ccccc12. The Kier molecular flexibility index (Phi) is 5.49. The molecule has 3 aromatic rings. The standard InChI is InChI=1S/C20H13ClF2O3/c21-17-10-11-18(16-4-2-1-3-15(16)17)26-19(24)12-7-13-5-8-14(9-6-13)25-20(22)23/h1-12,20H. The summed E-state index contributed by atoms with van der Waals surface area (Å²) in [5.74, 6) is -0.113. The summed E-state index contributed by atoms with van der Waals surface area (Å²) in [5.41, 5.74) is 0.643. The van der Waals surface area contributed by atoms with Crippen molar-refractivity contribution in [1.82, 2.24) is 0 Å². The molecule has 0 atom stereocenters. The van der Waals surface area contributed by atoms with Crippen LogP contribution in [-0.2, 0) is 4.79 Å². The van der Waals surface area contributed by atoms with Gasteiger partial charge in [-0.1, -0.05) is 48.0 Å². The quantitative estimate of drug-likeness (QED) is 0.326. The van der Waals surface area contributed by atoms with E-state index in [2.05, 4.69) is 4.74 Å². The van der Waals surface area contributed by atoms with Crippen LogP contribution in [0.4, 0.5) is 8.78 Å². The van der Waals surface area contributed by atoms with E-state index in [0.29, 0.717) is 16.3 Å². The predicted molar refractivity (Wildman–Crippen MR) is 96.7 cm³/mol. The van der Waals surface area contributed by atoms with Crippen LogP contribution in [0.5, 0.6) is 11.5 Å². The van der Waals surface area contributed by atoms with Gasteiger partial charge in [0, 0.05) is 21.9 Å². The highest BCUT2D eigenvalue weighted by Crippen LogP contribution is 2.31. The molecular formula is C20H13ClF2O3. The first kappa shape index (κ1) is 17.9. The molecule has 0 saturated heterocycles. The van der Waals surface area contributed by atoms with Gasteiger partial charge in [0.25, 0.3) is 0 Å². The van der Waals surface area contributed by atoms with Crippen LogP contribution in [0.3, 0.4) is 0 Å². The maximum Gasteiger partial charge on any atom is 0.387 e. The Labute approximate surface area is 153 Å². The maximum atomic E-state index is 12.1. The molecule has 3 aromatic carbocycles. The van der Waals surface area contributed by atoms with Gasteiger partial charge in [-0.15, -0.1) is 0 Å². The second kappa shape index (κ2) is 7.97. The van der Waals surface area contributed by atoms with Crippen LogP contribution < -0.4 is 9.47 Å². The molecule has 3 nitrogen and oxygen atoms in total. The highest BCUT2D eigenvalue weighted by molar-refractivity contribution is 6.35. The minimum atomic E-state index is -2.87. The maximum absolute atomic E-state index is 12.1. The smallest absolute Gasteiger partial charge is 0.387 e. The van der Waals surface area contributed by atoms with Crippen LogP contribution in [0.1, 0.15) is 5.56 Å². The molecule has 0 unspecified atom stereocenters. The van der Waals surface area contributed by atoms with E-state index in [4.69, 9.17) is 16.3 Å². The van der Waals surface area contributed by atoms with E-state index in [0.717, 1.165) is 10.8 Å². The number of hydrogen-bond acceptors (Lipinski definition) is 3. The number of esters is 1. The Morgan fingerprint density at radius 3 is 2.35 bits per heavy atom. The summed E-state index contributed by atoms with van der Waals surface area (Å²) in [4.78, 5) is 12.1. The average molecular weight is 375 g/mol. The summed E-state index contributed by atoms with van der Waals surface area (Å²) >= 11 is 6.14. The van der Waals surface area contributed by atoms with Crippen molar-refractivity contribution in [3.8, 4) is 11.5 Å². The number of hydrogen-bond donors (Lipinski definition) is 0. The van der Waals surface area contributed by atoms with Crippen LogP contribution in [-0.4, -0.2) is 12.6 Å². The third-order valence-corrected chi connectivity index (χ3v) is 3.89. The van der Waals surface area contributed by atoms with Crippen molar-refractivity contribution in [1.29, 1.82) is 0 Å². The van der Waals surface area contributed by atoms with E-state index < -0.39 is 12.6 Å². The van der Waals surface area contributed by atoms with Crippen molar-refractivity contribution in [3.63, 3.8) is 0 Å². The largest absolute Gasteiger partial charge is 0.435 e. The molecule has 0 aliphatic rings. The van der Waals surface area contributed by atoms with Crippen molar-refractivity contribution in [3.05, 3.63) is 77.3 Å². The highest BCUT2D eigenvalue weighted by Gasteiger charge is 2.08. The zero-order valence-corrected chi connectivity index (χ0v) is 14.1. The molecule has 26 heavy (non-hydrogen) atoms. The molecule has 0 aromatic heterocycles. The predicted octanol–water partition coefficient (Wildman–Crippen LogP) is 5.71. The van der Waals surface area contributed by atoms with Gasteiger partial charge in [0.05, 0.1) is 0 Å². The minimum Gasteiger partial charge on any atom is -0.435 e. The van der Waals surface area contributed by atoms with E-state index in [1.807, 2.05) is 24.3 Å². The van der Waals surface area contributed by atoms with E-state index in [1.54, 1.807) is 24.3 Å². The fraction of sp³-hybridized carbons (Fsp3) is 0.0500. The molecule has 3 rings (SSSR count). The highest BCUT2D eigenvalue weighted by atomic mass is 35.5. The van der Waals surface area contributed by atoms with E-state index in [-0.39, 0.29) is 5.75 Å². The summed E-state index contributed by atoms with van der Waals surface area (Å²) in [6.07, 6.45) is 2.78. The van der Waals surface area contributed by atoms with Gasteiger partial charge in [-0.2, -0.15) is 8.78 Å². The molecule has 0 saturated carbocycles. The van der Waals surface area contributed by atoms with Gasteiger partial charge in [0.15, 0.2) is 0 Å². The number of rotatable bonds is 5. The van der Waals surface area contributed by atoms with Crippen molar-refractivity contribution < 1.29 is 23.0 Å². The van der Waals surface area contributed by atoms with Crippen LogP contribution in [0.25, 0.3) is 16.8 Å². The van der Waals surface area contributed by atoms with Gasteiger partial charge < -0.3 is 9.47 Å². The third-order valence-electron chi connectivity index (χ3n) is 3.56. The van der Waals surface area contributed by atoms with Gasteiger partial charge >= 0.3 is 12.6 Å². The molecule has 0 radical (unpaired) electrons. The molecular weight excluding hydrogens is 362 g/mol. The molecule has 0 bridgehead atoms. The molecule has 0 aliphatic heterocycles. The molecule has 0 spiro atoms. The lowest BCUT2D eigenvalue weighted by atomic mass is 10.1. The van der Waals surface area contributed by atoms with Crippen molar-refractivity contribution in [2.45, 2.75) is 6.61 Å². The Morgan fingerprint density at radius 2 is 1.65 bits per heavy atom. The Hall–Kier alpha value is -2.92. The first-order chi connectivity index (χ1) is 12.5. The zero-order chi connectivity index (χ0) is 18.5. The van der Waals surface area contributed by atoms with Crippen LogP contribution in [0.15, 0.2) is 66.7 Å². The van der Waals surface area contributed by atoms with Gasteiger partial charge in [0.2, 0.25) is 0 Å². The number of ether oxygens (including phenoxy) is 2. The second-order valence-corrected chi connectivity index (χ2v) is 5.70. The summed E-state index contributed by atoms with van der Waals surface area (Å²) < 4.78 is 33.9. The van der Waals surface area contributed by atoms with Crippen molar-refractivity contribution >= 4 is 34.4 Å². The topological polar surface area (TPSA) is 35.5 Å². The molecule has 132 valence electrons. The summed E-state index contributed by atoms with van der Waals surface area (Å²) in [5, 5.41) is 2.09. The van der Waals surface area contributed by atoms with Crippen LogP contribution in [0, 0.1) is 0 Å². The Balaban J connectivity index is 1.71. The summed E-state index contributed by atoms with van der Waals surface area (Å²) in [6.45, 7) is -2.87. The lowest BCUT2D eigenvalue weighted by Gasteiger charge is -2.07. The van der Waals surface area contributed by atoms with Crippen LogP contribution in [0.2, 0.25) is 5.02 Å². The van der Waals surface area contributed by atoms with Gasteiger partial charge in [-0.3, -0.25) is 0 Å². The molecule has 0 heterocycles. The first-order valence-corrected chi connectivity index (χ1v) is 8.03. The Bertz CT molecular complexity index is 953. The number of benzene rings is 3. The molecule has 0 amide bonds. The number of carbonyl (C=O) groups excluding carboxylic acids is 1. The monoisotopic (exact) mass is 374 g/mol. The van der Waals surface area contributed by atoms with E-state index >= 15 is 0 Å². The minimum absolute atomic E-state index is 0.0485. The Morgan fingerprint density at radius 1 is 0.962 bits per heavy atom. The average Bonchev–Trinajstić information content (AvgIpc) is 2.63. The van der Waals surface area contributed by atoms with Gasteiger partial charge in [-0.05, 0) is 35.9 Å². The number of alkyl halides is 2. The number of carbonyl (C=O) groups is 1.